The predicted molar refractivity (Wildman–Crippen MR) is 68.9 cm³/mol. The van der Waals surface area contributed by atoms with E-state index in [4.69, 9.17) is 14.5 Å². The highest BCUT2D eigenvalue weighted by molar-refractivity contribution is 7.52. The minimum atomic E-state index is -4.30. The average Bonchev–Trinajstić information content (AvgIpc) is 2.19. The van der Waals surface area contributed by atoms with Gasteiger partial charge in [-0.25, -0.2) is 0 Å². The minimum absolute atomic E-state index is 0. The molecule has 7 heteroatoms. The summed E-state index contributed by atoms with van der Waals surface area (Å²) in [5.74, 6) is 1.72. The molecule has 0 saturated heterocycles. The molecule has 0 spiro atoms. The quantitative estimate of drug-likeness (QED) is 0.538. The number of rotatable bonds is 3. The molecule has 0 heterocycles. The zero-order valence-corrected chi connectivity index (χ0v) is 11.8. The van der Waals surface area contributed by atoms with Gasteiger partial charge in [-0.1, -0.05) is 0 Å². The molecule has 5 N–H and O–H groups in total. The number of esters is 1. The maximum Gasteiger partial charge on any atom is 0.336 e. The first kappa shape index (κ1) is 15.0. The Bertz CT molecular complexity index is 379. The van der Waals surface area contributed by atoms with Gasteiger partial charge in [0.05, 0.1) is 0 Å². The van der Waals surface area contributed by atoms with Crippen LogP contribution in [0.2, 0.25) is 0 Å². The summed E-state index contributed by atoms with van der Waals surface area (Å²) in [6.07, 6.45) is 4.96. The van der Waals surface area contributed by atoms with Gasteiger partial charge in [0.1, 0.15) is 12.3 Å². The van der Waals surface area contributed by atoms with Crippen molar-refractivity contribution in [1.82, 2.24) is 6.15 Å². The second kappa shape index (κ2) is 5.17. The smallest absolute Gasteiger partial charge is 0.336 e. The third-order valence-electron chi connectivity index (χ3n) is 4.74. The van der Waals surface area contributed by atoms with E-state index in [1.807, 2.05) is 0 Å². The van der Waals surface area contributed by atoms with E-state index in [0.717, 1.165) is 37.5 Å². The van der Waals surface area contributed by atoms with Crippen LogP contribution in [0, 0.1) is 23.7 Å². The van der Waals surface area contributed by atoms with Gasteiger partial charge in [0.25, 0.3) is 0 Å². The van der Waals surface area contributed by atoms with E-state index >= 15 is 0 Å². The fourth-order valence-electron chi connectivity index (χ4n) is 4.42. The van der Waals surface area contributed by atoms with Gasteiger partial charge < -0.3 is 20.7 Å². The number of carbonyl (C=O) groups is 1. The Kier molecular flexibility index (Phi) is 4.07. The third kappa shape index (κ3) is 3.19. The lowest BCUT2D eigenvalue weighted by Gasteiger charge is -2.53. The maximum atomic E-state index is 11.5. The Morgan fingerprint density at radius 3 is 1.95 bits per heavy atom. The van der Waals surface area contributed by atoms with Crippen LogP contribution in [0.4, 0.5) is 0 Å². The normalized spacial score (nSPS) is 39.8. The topological polar surface area (TPSA) is 119 Å². The van der Waals surface area contributed by atoms with Crippen molar-refractivity contribution in [3.8, 4) is 0 Å². The summed E-state index contributed by atoms with van der Waals surface area (Å²) in [4.78, 5) is 29.1. The molecular formula is C12H22NO5P. The molecule has 0 aromatic rings. The molecule has 0 unspecified atom stereocenters. The van der Waals surface area contributed by atoms with Gasteiger partial charge in [0.15, 0.2) is 0 Å². The lowest BCUT2D eigenvalue weighted by atomic mass is 9.55. The summed E-state index contributed by atoms with van der Waals surface area (Å²) in [5, 5.41) is 0. The molecule has 4 aliphatic rings. The van der Waals surface area contributed by atoms with Crippen LogP contribution in [0.15, 0.2) is 0 Å². The number of hydrogen-bond acceptors (Lipinski definition) is 4. The second-order valence-corrected chi connectivity index (χ2v) is 7.85. The summed E-state index contributed by atoms with van der Waals surface area (Å²) >= 11 is 0. The Balaban J connectivity index is 0.00000133. The molecule has 0 aromatic carbocycles. The van der Waals surface area contributed by atoms with E-state index in [2.05, 4.69) is 0 Å². The van der Waals surface area contributed by atoms with Crippen molar-refractivity contribution >= 4 is 13.6 Å². The van der Waals surface area contributed by atoms with Crippen LogP contribution in [0.25, 0.3) is 0 Å². The Morgan fingerprint density at radius 1 is 1.05 bits per heavy atom. The first-order valence-electron chi connectivity index (χ1n) is 6.65. The highest BCUT2D eigenvalue weighted by Crippen LogP contribution is 2.54. The van der Waals surface area contributed by atoms with Crippen LogP contribution in [-0.4, -0.2) is 28.0 Å². The van der Waals surface area contributed by atoms with Crippen molar-refractivity contribution in [1.29, 1.82) is 0 Å². The van der Waals surface area contributed by atoms with E-state index in [-0.39, 0.29) is 12.3 Å². The van der Waals surface area contributed by atoms with Crippen molar-refractivity contribution in [3.63, 3.8) is 0 Å². The van der Waals surface area contributed by atoms with Crippen LogP contribution in [-0.2, 0) is 14.1 Å². The van der Waals surface area contributed by atoms with E-state index in [1.165, 1.54) is 6.42 Å². The van der Waals surface area contributed by atoms with Crippen LogP contribution in [0.3, 0.4) is 0 Å². The zero-order valence-electron chi connectivity index (χ0n) is 10.9. The number of carbonyl (C=O) groups excluding carboxylic acids is 1. The molecule has 6 nitrogen and oxygen atoms in total. The van der Waals surface area contributed by atoms with E-state index in [9.17, 15) is 9.36 Å². The standard InChI is InChI=1S/C12H19O5P.H3N/c13-11(6-18(14,15)16)17-12-9-2-7-1-8(4-9)5-10(12)3-7;/h7-10,12H,1-6H2,(H2,14,15,16);1H3. The van der Waals surface area contributed by atoms with Crippen molar-refractivity contribution in [2.45, 2.75) is 38.2 Å². The Morgan fingerprint density at radius 2 is 1.53 bits per heavy atom. The summed E-state index contributed by atoms with van der Waals surface area (Å²) in [6, 6.07) is 0. The largest absolute Gasteiger partial charge is 0.461 e. The fraction of sp³-hybridized carbons (Fsp3) is 0.917. The summed E-state index contributed by atoms with van der Waals surface area (Å²) < 4.78 is 16.2. The lowest BCUT2D eigenvalue weighted by molar-refractivity contribution is -0.167. The van der Waals surface area contributed by atoms with Crippen LogP contribution < -0.4 is 6.15 Å². The van der Waals surface area contributed by atoms with Gasteiger partial charge >= 0.3 is 13.6 Å². The zero-order chi connectivity index (χ0) is 12.9. The van der Waals surface area contributed by atoms with Gasteiger partial charge in [-0.05, 0) is 55.8 Å². The monoisotopic (exact) mass is 291 g/mol. The second-order valence-electron chi connectivity index (χ2n) is 6.21. The SMILES string of the molecule is N.O=C(CP(=O)(O)O)OC1C2CC3CC(C2)CC1C3. The summed E-state index contributed by atoms with van der Waals surface area (Å²) in [5.41, 5.74) is 0. The highest BCUT2D eigenvalue weighted by Gasteiger charge is 2.50. The molecule has 4 aliphatic carbocycles. The maximum absolute atomic E-state index is 11.5. The third-order valence-corrected chi connectivity index (χ3v) is 5.41. The van der Waals surface area contributed by atoms with E-state index in [1.54, 1.807) is 0 Å². The van der Waals surface area contributed by atoms with Crippen LogP contribution in [0.1, 0.15) is 32.1 Å². The molecule has 4 saturated carbocycles. The molecule has 0 atom stereocenters. The van der Waals surface area contributed by atoms with E-state index < -0.39 is 19.7 Å². The van der Waals surface area contributed by atoms with E-state index in [0.29, 0.717) is 11.8 Å². The van der Waals surface area contributed by atoms with Gasteiger partial charge in [-0.3, -0.25) is 9.36 Å². The molecule has 4 bridgehead atoms. The fourth-order valence-corrected chi connectivity index (χ4v) is 4.84. The lowest BCUT2D eigenvalue weighted by Crippen LogP contribution is -2.50. The van der Waals surface area contributed by atoms with Crippen molar-refractivity contribution in [2.75, 3.05) is 6.16 Å². The number of ether oxygens (including phenoxy) is 1. The molecule has 0 radical (unpaired) electrons. The molecule has 19 heavy (non-hydrogen) atoms. The minimum Gasteiger partial charge on any atom is -0.461 e. The molecule has 0 aromatic heterocycles. The molecular weight excluding hydrogens is 269 g/mol. The predicted octanol–water partition coefficient (Wildman–Crippen LogP) is 1.69. The highest BCUT2D eigenvalue weighted by atomic mass is 31.2. The van der Waals surface area contributed by atoms with Gasteiger partial charge in [0.2, 0.25) is 0 Å². The first-order valence-corrected chi connectivity index (χ1v) is 8.44. The summed E-state index contributed by atoms with van der Waals surface area (Å²) in [6.45, 7) is 0. The molecule has 110 valence electrons. The average molecular weight is 291 g/mol. The van der Waals surface area contributed by atoms with Crippen molar-refractivity contribution < 1.29 is 23.9 Å². The van der Waals surface area contributed by atoms with Gasteiger partial charge in [-0.15, -0.1) is 0 Å². The van der Waals surface area contributed by atoms with Crippen molar-refractivity contribution in [3.05, 3.63) is 0 Å². The van der Waals surface area contributed by atoms with Gasteiger partial charge in [0, 0.05) is 0 Å². The Labute approximate surface area is 112 Å². The Hall–Kier alpha value is -0.420. The van der Waals surface area contributed by atoms with Crippen LogP contribution >= 0.6 is 7.60 Å². The molecule has 0 amide bonds. The van der Waals surface area contributed by atoms with Gasteiger partial charge in [-0.2, -0.15) is 0 Å². The molecule has 0 aliphatic heterocycles. The molecule has 4 fully saturated rings. The number of hydrogen-bond donors (Lipinski definition) is 3. The van der Waals surface area contributed by atoms with Crippen molar-refractivity contribution in [2.24, 2.45) is 23.7 Å². The summed E-state index contributed by atoms with van der Waals surface area (Å²) in [7, 11) is -4.30. The van der Waals surface area contributed by atoms with Crippen LogP contribution in [0.5, 0.6) is 0 Å². The first-order chi connectivity index (χ1) is 8.40. The molecule has 4 rings (SSSR count).